The maximum absolute atomic E-state index is 6.15. The molecule has 2 nitrogen and oxygen atoms in total. The van der Waals surface area contributed by atoms with Gasteiger partial charge in [0.05, 0.1) is 7.11 Å². The van der Waals surface area contributed by atoms with Crippen molar-refractivity contribution in [2.45, 2.75) is 23.9 Å². The van der Waals surface area contributed by atoms with E-state index in [1.165, 1.54) is 16.0 Å². The number of benzene rings is 2. The molecule has 1 aliphatic rings. The average Bonchev–Trinajstić information content (AvgIpc) is 2.53. The van der Waals surface area contributed by atoms with Gasteiger partial charge in [0.1, 0.15) is 5.75 Å². The van der Waals surface area contributed by atoms with E-state index < -0.39 is 0 Å². The smallest absolute Gasteiger partial charge is 0.119 e. The van der Waals surface area contributed by atoms with Crippen molar-refractivity contribution < 1.29 is 4.74 Å². The molecule has 4 heteroatoms. The lowest BCUT2D eigenvalue weighted by Crippen LogP contribution is -2.24. The Balaban J connectivity index is 1.73. The van der Waals surface area contributed by atoms with Crippen LogP contribution in [0.2, 0.25) is 5.02 Å². The first-order chi connectivity index (χ1) is 10.3. The summed E-state index contributed by atoms with van der Waals surface area (Å²) in [5.74, 6) is 2.04. The van der Waals surface area contributed by atoms with Gasteiger partial charge in [0.15, 0.2) is 0 Å². The number of rotatable bonds is 4. The summed E-state index contributed by atoms with van der Waals surface area (Å²) >= 11 is 8.06. The summed E-state index contributed by atoms with van der Waals surface area (Å²) < 4.78 is 5.27. The molecular weight excluding hydrogens is 302 g/mol. The summed E-state index contributed by atoms with van der Waals surface area (Å²) in [6.45, 7) is 0.832. The van der Waals surface area contributed by atoms with Crippen molar-refractivity contribution in [3.63, 3.8) is 0 Å². The van der Waals surface area contributed by atoms with E-state index in [4.69, 9.17) is 16.3 Å². The standard InChI is InChI=1S/C17H18ClNOS/c1-20-14-4-2-3-12(9-14)11-19-16-7-8-21-17-6-5-13(18)10-15(16)17/h2-6,9-10,16,19H,7-8,11H2,1H3. The number of hydrogen-bond acceptors (Lipinski definition) is 3. The van der Waals surface area contributed by atoms with E-state index >= 15 is 0 Å². The van der Waals surface area contributed by atoms with Crippen LogP contribution in [0.1, 0.15) is 23.6 Å². The van der Waals surface area contributed by atoms with Gasteiger partial charge in [0.25, 0.3) is 0 Å². The van der Waals surface area contributed by atoms with Crippen LogP contribution in [0.5, 0.6) is 5.75 Å². The highest BCUT2D eigenvalue weighted by molar-refractivity contribution is 7.99. The predicted molar refractivity (Wildman–Crippen MR) is 89.4 cm³/mol. The minimum atomic E-state index is 0.367. The number of hydrogen-bond donors (Lipinski definition) is 1. The van der Waals surface area contributed by atoms with Crippen LogP contribution in [0.15, 0.2) is 47.4 Å². The normalized spacial score (nSPS) is 17.3. The SMILES string of the molecule is COc1cccc(CNC2CCSc3ccc(Cl)cc32)c1. The van der Waals surface area contributed by atoms with Crippen LogP contribution in [-0.4, -0.2) is 12.9 Å². The topological polar surface area (TPSA) is 21.3 Å². The molecule has 0 aliphatic carbocycles. The third-order valence-electron chi connectivity index (χ3n) is 3.70. The molecule has 3 rings (SSSR count). The fraction of sp³-hybridized carbons (Fsp3) is 0.294. The number of fused-ring (bicyclic) bond motifs is 1. The Hall–Kier alpha value is -1.16. The fourth-order valence-corrected chi connectivity index (χ4v) is 3.89. The second-order valence-corrected chi connectivity index (χ2v) is 6.68. The van der Waals surface area contributed by atoms with Crippen LogP contribution >= 0.6 is 23.4 Å². The summed E-state index contributed by atoms with van der Waals surface area (Å²) in [7, 11) is 1.70. The average molecular weight is 320 g/mol. The Morgan fingerprint density at radius 2 is 2.19 bits per heavy atom. The monoisotopic (exact) mass is 319 g/mol. The number of methoxy groups -OCH3 is 1. The van der Waals surface area contributed by atoms with Gasteiger partial charge >= 0.3 is 0 Å². The highest BCUT2D eigenvalue weighted by atomic mass is 35.5. The molecule has 0 amide bonds. The second-order valence-electron chi connectivity index (χ2n) is 5.10. The number of ether oxygens (including phenoxy) is 1. The van der Waals surface area contributed by atoms with E-state index in [0.717, 1.165) is 29.5 Å². The molecule has 2 aromatic rings. The van der Waals surface area contributed by atoms with Gasteiger partial charge in [-0.05, 0) is 53.6 Å². The van der Waals surface area contributed by atoms with E-state index in [0.29, 0.717) is 6.04 Å². The Morgan fingerprint density at radius 3 is 3.05 bits per heavy atom. The Bertz CT molecular complexity index is 632. The van der Waals surface area contributed by atoms with Crippen LogP contribution in [0, 0.1) is 0 Å². The van der Waals surface area contributed by atoms with Crippen molar-refractivity contribution in [1.29, 1.82) is 0 Å². The molecular formula is C17H18ClNOS. The molecule has 1 atom stereocenters. The highest BCUT2D eigenvalue weighted by Gasteiger charge is 2.20. The first-order valence-corrected chi connectivity index (χ1v) is 8.41. The molecule has 0 bridgehead atoms. The zero-order valence-electron chi connectivity index (χ0n) is 11.9. The lowest BCUT2D eigenvalue weighted by atomic mass is 10.0. The Labute approximate surface area is 134 Å². The van der Waals surface area contributed by atoms with Gasteiger partial charge in [-0.15, -0.1) is 11.8 Å². The molecule has 1 N–H and O–H groups in total. The molecule has 0 radical (unpaired) electrons. The van der Waals surface area contributed by atoms with Gasteiger partial charge in [-0.2, -0.15) is 0 Å². The first kappa shape index (κ1) is 14.8. The third kappa shape index (κ3) is 3.54. The van der Waals surface area contributed by atoms with Crippen LogP contribution in [0.3, 0.4) is 0 Å². The minimum Gasteiger partial charge on any atom is -0.497 e. The third-order valence-corrected chi connectivity index (χ3v) is 5.06. The number of halogens is 1. The molecule has 0 fully saturated rings. The molecule has 0 aromatic heterocycles. The zero-order chi connectivity index (χ0) is 14.7. The number of nitrogens with one attached hydrogen (secondary N) is 1. The summed E-state index contributed by atoms with van der Waals surface area (Å²) in [5, 5.41) is 4.45. The number of thioether (sulfide) groups is 1. The molecule has 2 aromatic carbocycles. The van der Waals surface area contributed by atoms with Gasteiger partial charge in [0.2, 0.25) is 0 Å². The summed E-state index contributed by atoms with van der Waals surface area (Å²) in [6, 6.07) is 14.7. The lowest BCUT2D eigenvalue weighted by Gasteiger charge is -2.26. The molecule has 0 saturated carbocycles. The molecule has 0 spiro atoms. The van der Waals surface area contributed by atoms with Crippen molar-refractivity contribution in [2.24, 2.45) is 0 Å². The molecule has 1 unspecified atom stereocenters. The second kappa shape index (κ2) is 6.73. The molecule has 0 saturated heterocycles. The summed E-state index contributed by atoms with van der Waals surface area (Å²) in [6.07, 6.45) is 1.13. The van der Waals surface area contributed by atoms with E-state index in [-0.39, 0.29) is 0 Å². The Morgan fingerprint density at radius 1 is 1.29 bits per heavy atom. The van der Waals surface area contributed by atoms with Crippen molar-refractivity contribution >= 4 is 23.4 Å². The molecule has 1 heterocycles. The van der Waals surface area contributed by atoms with E-state index in [1.54, 1.807) is 7.11 Å². The van der Waals surface area contributed by atoms with Crippen molar-refractivity contribution in [3.05, 3.63) is 58.6 Å². The van der Waals surface area contributed by atoms with E-state index in [1.807, 2.05) is 30.0 Å². The van der Waals surface area contributed by atoms with Gasteiger partial charge < -0.3 is 10.1 Å². The van der Waals surface area contributed by atoms with Gasteiger partial charge in [0, 0.05) is 22.5 Å². The van der Waals surface area contributed by atoms with Crippen molar-refractivity contribution in [3.8, 4) is 5.75 Å². The van der Waals surface area contributed by atoms with Crippen LogP contribution in [0.4, 0.5) is 0 Å². The quantitative estimate of drug-likeness (QED) is 0.884. The van der Waals surface area contributed by atoms with Crippen molar-refractivity contribution in [1.82, 2.24) is 5.32 Å². The summed E-state index contributed by atoms with van der Waals surface area (Å²) in [4.78, 5) is 1.34. The molecule has 110 valence electrons. The summed E-state index contributed by atoms with van der Waals surface area (Å²) in [5.41, 5.74) is 2.55. The molecule has 1 aliphatic heterocycles. The van der Waals surface area contributed by atoms with Crippen LogP contribution in [-0.2, 0) is 6.54 Å². The zero-order valence-corrected chi connectivity index (χ0v) is 13.5. The minimum absolute atomic E-state index is 0.367. The van der Waals surface area contributed by atoms with Gasteiger partial charge in [-0.3, -0.25) is 0 Å². The maximum Gasteiger partial charge on any atom is 0.119 e. The van der Waals surface area contributed by atoms with E-state index in [9.17, 15) is 0 Å². The van der Waals surface area contributed by atoms with Gasteiger partial charge in [-0.1, -0.05) is 23.7 Å². The maximum atomic E-state index is 6.15. The van der Waals surface area contributed by atoms with Gasteiger partial charge in [-0.25, -0.2) is 0 Å². The highest BCUT2D eigenvalue weighted by Crippen LogP contribution is 2.37. The van der Waals surface area contributed by atoms with Crippen molar-refractivity contribution in [2.75, 3.05) is 12.9 Å². The first-order valence-electron chi connectivity index (χ1n) is 7.05. The predicted octanol–water partition coefficient (Wildman–Crippen LogP) is 4.68. The van der Waals surface area contributed by atoms with E-state index in [2.05, 4.69) is 29.6 Å². The lowest BCUT2D eigenvalue weighted by molar-refractivity contribution is 0.413. The largest absolute Gasteiger partial charge is 0.497 e. The van der Waals surface area contributed by atoms with Crippen LogP contribution < -0.4 is 10.1 Å². The fourth-order valence-electron chi connectivity index (χ4n) is 2.60. The molecule has 21 heavy (non-hydrogen) atoms. The van der Waals surface area contributed by atoms with Crippen LogP contribution in [0.25, 0.3) is 0 Å². The Kier molecular flexibility index (Phi) is 4.73.